The first kappa shape index (κ1) is 13.3. The third-order valence-corrected chi connectivity index (χ3v) is 3.53. The number of carbonyl (C=O) groups excluding carboxylic acids is 1. The van der Waals surface area contributed by atoms with Crippen LogP contribution in [0.2, 0.25) is 0 Å². The zero-order valence-corrected chi connectivity index (χ0v) is 11.8. The van der Waals surface area contributed by atoms with Crippen LogP contribution in [0.1, 0.15) is 15.9 Å². The molecule has 0 radical (unpaired) electrons. The lowest BCUT2D eigenvalue weighted by Crippen LogP contribution is -2.37. The highest BCUT2D eigenvalue weighted by Crippen LogP contribution is 2.19. The summed E-state index contributed by atoms with van der Waals surface area (Å²) in [6.07, 6.45) is 3.83. The maximum Gasteiger partial charge on any atom is 0.231 e. The Morgan fingerprint density at radius 3 is 2.67 bits per heavy atom. The van der Waals surface area contributed by atoms with Crippen molar-refractivity contribution in [1.82, 2.24) is 0 Å². The van der Waals surface area contributed by atoms with Gasteiger partial charge in [-0.3, -0.25) is 4.79 Å². The number of rotatable bonds is 3. The van der Waals surface area contributed by atoms with Gasteiger partial charge in [0.25, 0.3) is 0 Å². The van der Waals surface area contributed by atoms with E-state index in [1.54, 1.807) is 18.2 Å². The topological polar surface area (TPSA) is 41.2 Å². The standard InChI is InChI=1S/C18H15NO2/c1-13-6-7-17(20)16(10-13)18(21)12-19-9-8-14-4-2-3-5-15(14)11-19/h2-11H,12H2,1H3/p+1. The summed E-state index contributed by atoms with van der Waals surface area (Å²) in [7, 11) is 0. The summed E-state index contributed by atoms with van der Waals surface area (Å²) in [5, 5.41) is 12.0. The molecule has 21 heavy (non-hydrogen) atoms. The Balaban J connectivity index is 1.90. The minimum atomic E-state index is -0.100. The Kier molecular flexibility index (Phi) is 3.40. The molecule has 0 aliphatic heterocycles. The van der Waals surface area contributed by atoms with E-state index >= 15 is 0 Å². The van der Waals surface area contributed by atoms with Crippen molar-refractivity contribution in [2.24, 2.45) is 0 Å². The van der Waals surface area contributed by atoms with Crippen molar-refractivity contribution in [3.8, 4) is 5.75 Å². The lowest BCUT2D eigenvalue weighted by atomic mass is 10.1. The molecule has 0 saturated carbocycles. The van der Waals surface area contributed by atoms with Gasteiger partial charge in [0.1, 0.15) is 5.75 Å². The Hall–Kier alpha value is -2.68. The molecule has 0 aliphatic rings. The van der Waals surface area contributed by atoms with Crippen LogP contribution in [0.15, 0.2) is 60.9 Å². The molecule has 2 aromatic carbocycles. The summed E-state index contributed by atoms with van der Waals surface area (Å²) in [5.74, 6) is -0.0662. The predicted molar refractivity (Wildman–Crippen MR) is 81.3 cm³/mol. The summed E-state index contributed by atoms with van der Waals surface area (Å²) < 4.78 is 1.84. The highest BCUT2D eigenvalue weighted by Gasteiger charge is 2.16. The number of hydrogen-bond donors (Lipinski definition) is 1. The third kappa shape index (κ3) is 2.77. The van der Waals surface area contributed by atoms with Gasteiger partial charge in [-0.2, -0.15) is 4.57 Å². The molecule has 0 amide bonds. The SMILES string of the molecule is Cc1ccc(O)c(C(=O)C[n+]2ccc3ccccc3c2)c1. The number of ketones is 1. The predicted octanol–water partition coefficient (Wildman–Crippen LogP) is 3.02. The molecule has 0 bridgehead atoms. The maximum atomic E-state index is 12.3. The Morgan fingerprint density at radius 2 is 1.86 bits per heavy atom. The molecule has 0 unspecified atom stereocenters. The van der Waals surface area contributed by atoms with E-state index in [2.05, 4.69) is 0 Å². The first-order valence-corrected chi connectivity index (χ1v) is 6.84. The number of Topliss-reactive ketones (excluding diaryl/α,β-unsaturated/α-hetero) is 1. The number of hydrogen-bond acceptors (Lipinski definition) is 2. The largest absolute Gasteiger partial charge is 0.507 e. The van der Waals surface area contributed by atoms with Crippen LogP contribution in [0.25, 0.3) is 10.8 Å². The highest BCUT2D eigenvalue weighted by molar-refractivity contribution is 5.97. The number of aromatic nitrogens is 1. The molecule has 0 atom stereocenters. The molecular weight excluding hydrogens is 262 g/mol. The molecule has 0 spiro atoms. The van der Waals surface area contributed by atoms with Gasteiger partial charge in [-0.05, 0) is 30.5 Å². The minimum absolute atomic E-state index is 0.0342. The molecule has 0 aliphatic carbocycles. The molecule has 1 N–H and O–H groups in total. The van der Waals surface area contributed by atoms with Crippen LogP contribution in [-0.2, 0) is 6.54 Å². The molecule has 0 fully saturated rings. The van der Waals surface area contributed by atoms with Crippen molar-refractivity contribution in [2.45, 2.75) is 13.5 Å². The average molecular weight is 278 g/mol. The molecule has 1 heterocycles. The van der Waals surface area contributed by atoms with Gasteiger partial charge in [0.15, 0.2) is 12.4 Å². The highest BCUT2D eigenvalue weighted by atomic mass is 16.3. The van der Waals surface area contributed by atoms with Gasteiger partial charge in [0.2, 0.25) is 12.3 Å². The number of phenols is 1. The minimum Gasteiger partial charge on any atom is -0.507 e. The fourth-order valence-electron chi connectivity index (χ4n) is 2.40. The van der Waals surface area contributed by atoms with Crippen molar-refractivity contribution in [2.75, 3.05) is 0 Å². The summed E-state index contributed by atoms with van der Waals surface area (Å²) in [5.41, 5.74) is 1.33. The van der Waals surface area contributed by atoms with Crippen LogP contribution in [0.5, 0.6) is 5.75 Å². The van der Waals surface area contributed by atoms with Gasteiger partial charge in [-0.25, -0.2) is 0 Å². The van der Waals surface area contributed by atoms with Gasteiger partial charge in [-0.1, -0.05) is 29.8 Å². The Morgan fingerprint density at radius 1 is 1.10 bits per heavy atom. The Labute approximate surface area is 123 Å². The lowest BCUT2D eigenvalue weighted by molar-refractivity contribution is -0.681. The third-order valence-electron chi connectivity index (χ3n) is 3.53. The van der Waals surface area contributed by atoms with Crippen LogP contribution < -0.4 is 4.57 Å². The van der Waals surface area contributed by atoms with Crippen LogP contribution in [0.3, 0.4) is 0 Å². The van der Waals surface area contributed by atoms with E-state index in [1.807, 2.05) is 54.2 Å². The zero-order chi connectivity index (χ0) is 14.8. The van der Waals surface area contributed by atoms with Crippen molar-refractivity contribution in [3.05, 3.63) is 72.1 Å². The second kappa shape index (κ2) is 5.37. The number of fused-ring (bicyclic) bond motifs is 1. The molecule has 3 heteroatoms. The van der Waals surface area contributed by atoms with E-state index in [1.165, 1.54) is 0 Å². The second-order valence-corrected chi connectivity index (χ2v) is 5.19. The van der Waals surface area contributed by atoms with Gasteiger partial charge in [0, 0.05) is 11.5 Å². The van der Waals surface area contributed by atoms with Crippen molar-refractivity contribution >= 4 is 16.6 Å². The molecule has 3 rings (SSSR count). The first-order valence-electron chi connectivity index (χ1n) is 6.84. The summed E-state index contributed by atoms with van der Waals surface area (Å²) in [4.78, 5) is 12.3. The van der Waals surface area contributed by atoms with Crippen LogP contribution >= 0.6 is 0 Å². The molecule has 0 saturated heterocycles. The lowest BCUT2D eigenvalue weighted by Gasteiger charge is -2.03. The molecule has 104 valence electrons. The Bertz CT molecular complexity index is 824. The van der Waals surface area contributed by atoms with Crippen molar-refractivity contribution in [3.63, 3.8) is 0 Å². The number of phenolic OH excluding ortho intramolecular Hbond substituents is 1. The van der Waals surface area contributed by atoms with Gasteiger partial charge in [0.05, 0.1) is 5.56 Å². The van der Waals surface area contributed by atoms with Gasteiger partial charge in [-0.15, -0.1) is 0 Å². The van der Waals surface area contributed by atoms with E-state index in [0.717, 1.165) is 16.3 Å². The van der Waals surface area contributed by atoms with Gasteiger partial charge < -0.3 is 5.11 Å². The van der Waals surface area contributed by atoms with Crippen LogP contribution in [0.4, 0.5) is 0 Å². The number of nitrogens with zero attached hydrogens (tertiary/aromatic N) is 1. The van der Waals surface area contributed by atoms with Crippen molar-refractivity contribution in [1.29, 1.82) is 0 Å². The molecular formula is C18H16NO2+. The second-order valence-electron chi connectivity index (χ2n) is 5.19. The molecule has 3 nitrogen and oxygen atoms in total. The van der Waals surface area contributed by atoms with E-state index in [0.29, 0.717) is 5.56 Å². The van der Waals surface area contributed by atoms with E-state index in [-0.39, 0.29) is 18.1 Å². The van der Waals surface area contributed by atoms with Crippen LogP contribution in [-0.4, -0.2) is 10.9 Å². The number of pyridine rings is 1. The number of aromatic hydroxyl groups is 1. The fraction of sp³-hybridized carbons (Fsp3) is 0.111. The molecule has 3 aromatic rings. The van der Waals surface area contributed by atoms with Crippen molar-refractivity contribution < 1.29 is 14.5 Å². The maximum absolute atomic E-state index is 12.3. The van der Waals surface area contributed by atoms with Gasteiger partial charge >= 0.3 is 0 Å². The number of carbonyl (C=O) groups is 1. The zero-order valence-electron chi connectivity index (χ0n) is 11.8. The van der Waals surface area contributed by atoms with E-state index < -0.39 is 0 Å². The average Bonchev–Trinajstić information content (AvgIpc) is 2.49. The van der Waals surface area contributed by atoms with E-state index in [4.69, 9.17) is 0 Å². The number of aryl methyl sites for hydroxylation is 1. The first-order chi connectivity index (χ1) is 10.1. The monoisotopic (exact) mass is 278 g/mol. The summed E-state index contributed by atoms with van der Waals surface area (Å²) >= 11 is 0. The van der Waals surface area contributed by atoms with Crippen LogP contribution in [0, 0.1) is 6.92 Å². The quantitative estimate of drug-likeness (QED) is 0.591. The molecule has 1 aromatic heterocycles. The summed E-state index contributed by atoms with van der Waals surface area (Å²) in [6, 6.07) is 15.1. The number of benzene rings is 2. The summed E-state index contributed by atoms with van der Waals surface area (Å²) in [6.45, 7) is 2.11. The fourth-order valence-corrected chi connectivity index (χ4v) is 2.40. The normalized spacial score (nSPS) is 10.7. The smallest absolute Gasteiger partial charge is 0.231 e. The van der Waals surface area contributed by atoms with E-state index in [9.17, 15) is 9.90 Å².